The maximum absolute atomic E-state index is 6.02. The summed E-state index contributed by atoms with van der Waals surface area (Å²) in [6, 6.07) is 0. The molecule has 6 heteroatoms. The third kappa shape index (κ3) is 2.34. The van der Waals surface area contributed by atoms with E-state index in [4.69, 9.17) is 23.2 Å². The summed E-state index contributed by atoms with van der Waals surface area (Å²) >= 11 is 15.9. The van der Waals surface area contributed by atoms with E-state index in [-0.39, 0.29) is 5.28 Å². The van der Waals surface area contributed by atoms with E-state index in [1.165, 1.54) is 0 Å². The first-order chi connectivity index (χ1) is 7.72. The first-order valence-electron chi connectivity index (χ1n) is 4.70. The van der Waals surface area contributed by atoms with Gasteiger partial charge < -0.3 is 4.98 Å². The Labute approximate surface area is 108 Å². The summed E-state index contributed by atoms with van der Waals surface area (Å²) in [4.78, 5) is 11.0. The number of hydrogen-bond donors (Lipinski definition) is 2. The highest BCUT2D eigenvalue weighted by atomic mass is 35.5. The van der Waals surface area contributed by atoms with Crippen LogP contribution in [0.3, 0.4) is 0 Å². The molecule has 0 fully saturated rings. The van der Waals surface area contributed by atoms with Crippen LogP contribution in [0.4, 0.5) is 0 Å². The van der Waals surface area contributed by atoms with Crippen LogP contribution >= 0.6 is 35.8 Å². The lowest BCUT2D eigenvalue weighted by Crippen LogP contribution is -1.85. The molecule has 2 rings (SSSR count). The molecule has 84 valence electrons. The molecule has 0 radical (unpaired) electrons. The van der Waals surface area contributed by atoms with Gasteiger partial charge in [-0.15, -0.1) is 0 Å². The number of thiol groups is 1. The number of nitrogens with zero attached hydrogens (tertiary/aromatic N) is 2. The monoisotopic (exact) mass is 273 g/mol. The predicted octanol–water partition coefficient (Wildman–Crippen LogP) is 3.60. The van der Waals surface area contributed by atoms with Gasteiger partial charge in [-0.05, 0) is 23.8 Å². The summed E-state index contributed by atoms with van der Waals surface area (Å²) in [5.41, 5.74) is 1.61. The highest BCUT2D eigenvalue weighted by Crippen LogP contribution is 2.26. The van der Waals surface area contributed by atoms with E-state index < -0.39 is 0 Å². The maximum Gasteiger partial charge on any atom is 0.225 e. The summed E-state index contributed by atoms with van der Waals surface area (Å²) in [6.07, 6.45) is 6.73. The molecule has 0 aliphatic heterocycles. The van der Waals surface area contributed by atoms with Gasteiger partial charge in [0.1, 0.15) is 10.8 Å². The van der Waals surface area contributed by atoms with Gasteiger partial charge in [-0.3, -0.25) is 0 Å². The molecule has 0 amide bonds. The summed E-state index contributed by atoms with van der Waals surface area (Å²) in [5, 5.41) is 1.30. The van der Waals surface area contributed by atoms with Crippen molar-refractivity contribution in [2.24, 2.45) is 0 Å². The Bertz CT molecular complexity index is 536. The zero-order valence-electron chi connectivity index (χ0n) is 8.24. The molecule has 0 unspecified atom stereocenters. The minimum atomic E-state index is 0.144. The zero-order valence-corrected chi connectivity index (χ0v) is 10.7. The van der Waals surface area contributed by atoms with E-state index in [1.54, 1.807) is 0 Å². The van der Waals surface area contributed by atoms with Crippen molar-refractivity contribution in [2.45, 2.75) is 6.42 Å². The normalized spacial score (nSPS) is 11.7. The van der Waals surface area contributed by atoms with Crippen LogP contribution in [0.5, 0.6) is 0 Å². The number of H-pyrrole nitrogens is 1. The van der Waals surface area contributed by atoms with E-state index in [0.717, 1.165) is 23.1 Å². The van der Waals surface area contributed by atoms with Gasteiger partial charge in [0.2, 0.25) is 5.28 Å². The molecule has 0 spiro atoms. The smallest absolute Gasteiger partial charge is 0.225 e. The number of aromatic amines is 1. The molecule has 3 nitrogen and oxygen atoms in total. The molecule has 0 aromatic carbocycles. The third-order valence-corrected chi connectivity index (χ3v) is 2.78. The average Bonchev–Trinajstić information content (AvgIpc) is 2.62. The number of aromatic nitrogens is 3. The second-order valence-corrected chi connectivity index (χ2v) is 4.31. The van der Waals surface area contributed by atoms with Crippen LogP contribution in [0.2, 0.25) is 10.4 Å². The van der Waals surface area contributed by atoms with Crippen LogP contribution in [0.1, 0.15) is 12.0 Å². The molecule has 1 N–H and O–H groups in total. The van der Waals surface area contributed by atoms with Gasteiger partial charge in [-0.25, -0.2) is 4.98 Å². The van der Waals surface area contributed by atoms with Crippen molar-refractivity contribution in [3.8, 4) is 0 Å². The Morgan fingerprint density at radius 2 is 2.19 bits per heavy atom. The SMILES string of the molecule is SCCC=Cc1c[nH]c2nc(Cl)nc(Cl)c12. The molecular formula is C10H9Cl2N3S. The fourth-order valence-corrected chi connectivity index (χ4v) is 2.04. The maximum atomic E-state index is 6.02. The summed E-state index contributed by atoms with van der Waals surface area (Å²) < 4.78 is 0. The standard InChI is InChI=1S/C10H9Cl2N3S/c11-8-7-6(3-1-2-4-16)5-13-9(7)15-10(12)14-8/h1,3,5,16H,2,4H2,(H,13,14,15). The van der Waals surface area contributed by atoms with Crippen molar-refractivity contribution in [3.63, 3.8) is 0 Å². The van der Waals surface area contributed by atoms with E-state index in [1.807, 2.05) is 18.3 Å². The first-order valence-corrected chi connectivity index (χ1v) is 6.08. The molecule has 0 saturated heterocycles. The Morgan fingerprint density at radius 1 is 1.38 bits per heavy atom. The largest absolute Gasteiger partial charge is 0.345 e. The molecule has 0 saturated carbocycles. The molecular weight excluding hydrogens is 265 g/mol. The summed E-state index contributed by atoms with van der Waals surface area (Å²) in [5.74, 6) is 0.814. The van der Waals surface area contributed by atoms with Gasteiger partial charge in [-0.2, -0.15) is 17.6 Å². The van der Waals surface area contributed by atoms with E-state index in [0.29, 0.717) is 10.8 Å². The lowest BCUT2D eigenvalue weighted by atomic mass is 10.2. The summed E-state index contributed by atoms with van der Waals surface area (Å²) in [6.45, 7) is 0. The predicted molar refractivity (Wildman–Crippen MR) is 71.4 cm³/mol. The quantitative estimate of drug-likeness (QED) is 0.510. The number of nitrogens with one attached hydrogen (secondary N) is 1. The van der Waals surface area contributed by atoms with Gasteiger partial charge >= 0.3 is 0 Å². The van der Waals surface area contributed by atoms with Crippen molar-refractivity contribution in [1.82, 2.24) is 15.0 Å². The molecule has 0 aliphatic carbocycles. The first kappa shape index (κ1) is 11.8. The molecule has 0 bridgehead atoms. The van der Waals surface area contributed by atoms with E-state index in [9.17, 15) is 0 Å². The van der Waals surface area contributed by atoms with Gasteiger partial charge in [0.05, 0.1) is 5.39 Å². The van der Waals surface area contributed by atoms with Crippen molar-refractivity contribution < 1.29 is 0 Å². The topological polar surface area (TPSA) is 41.6 Å². The minimum Gasteiger partial charge on any atom is -0.345 e. The molecule has 16 heavy (non-hydrogen) atoms. The number of allylic oxidation sites excluding steroid dienone is 1. The summed E-state index contributed by atoms with van der Waals surface area (Å²) in [7, 11) is 0. The lowest BCUT2D eigenvalue weighted by molar-refractivity contribution is 1.20. The van der Waals surface area contributed by atoms with Gasteiger partial charge in [0.25, 0.3) is 0 Å². The fraction of sp³-hybridized carbons (Fsp3) is 0.200. The lowest BCUT2D eigenvalue weighted by Gasteiger charge is -1.95. The van der Waals surface area contributed by atoms with E-state index in [2.05, 4.69) is 27.6 Å². The Morgan fingerprint density at radius 3 is 2.94 bits per heavy atom. The highest BCUT2D eigenvalue weighted by Gasteiger charge is 2.09. The molecule has 0 aliphatic rings. The molecule has 0 atom stereocenters. The van der Waals surface area contributed by atoms with Gasteiger partial charge in [0.15, 0.2) is 0 Å². The Kier molecular flexibility index (Phi) is 3.74. The molecule has 2 aromatic rings. The van der Waals surface area contributed by atoms with Crippen LogP contribution < -0.4 is 0 Å². The van der Waals surface area contributed by atoms with Gasteiger partial charge in [-0.1, -0.05) is 23.8 Å². The van der Waals surface area contributed by atoms with E-state index >= 15 is 0 Å². The van der Waals surface area contributed by atoms with Crippen LogP contribution in [-0.2, 0) is 0 Å². The minimum absolute atomic E-state index is 0.144. The average molecular weight is 274 g/mol. The second kappa shape index (κ2) is 5.08. The number of rotatable bonds is 3. The Balaban J connectivity index is 2.48. The third-order valence-electron chi connectivity index (χ3n) is 2.08. The van der Waals surface area contributed by atoms with Crippen molar-refractivity contribution in [1.29, 1.82) is 0 Å². The van der Waals surface area contributed by atoms with Crippen LogP contribution in [0.15, 0.2) is 12.3 Å². The fourth-order valence-electron chi connectivity index (χ4n) is 1.40. The number of hydrogen-bond acceptors (Lipinski definition) is 3. The van der Waals surface area contributed by atoms with Crippen LogP contribution in [0, 0.1) is 0 Å². The van der Waals surface area contributed by atoms with Gasteiger partial charge in [0, 0.05) is 11.8 Å². The van der Waals surface area contributed by atoms with Crippen LogP contribution in [-0.4, -0.2) is 20.7 Å². The number of halogens is 2. The van der Waals surface area contributed by atoms with Crippen molar-refractivity contribution in [3.05, 3.63) is 28.3 Å². The molecule has 2 aromatic heterocycles. The number of fused-ring (bicyclic) bond motifs is 1. The molecule has 2 heterocycles. The zero-order chi connectivity index (χ0) is 11.5. The Hall–Kier alpha value is -0.710. The van der Waals surface area contributed by atoms with Crippen molar-refractivity contribution >= 4 is 52.9 Å². The second-order valence-electron chi connectivity index (χ2n) is 3.17. The van der Waals surface area contributed by atoms with Crippen molar-refractivity contribution in [2.75, 3.05) is 5.75 Å². The highest BCUT2D eigenvalue weighted by molar-refractivity contribution is 7.80. The van der Waals surface area contributed by atoms with Crippen LogP contribution in [0.25, 0.3) is 17.1 Å².